The van der Waals surface area contributed by atoms with E-state index in [1.54, 1.807) is 42.7 Å². The van der Waals surface area contributed by atoms with Gasteiger partial charge >= 0.3 is 6.18 Å². The van der Waals surface area contributed by atoms with Crippen LogP contribution in [0.1, 0.15) is 23.1 Å². The third-order valence-electron chi connectivity index (χ3n) is 4.27. The number of hydrogen-bond acceptors (Lipinski definition) is 4. The minimum atomic E-state index is -4.43. The number of aryl methyl sites for hydroxylation is 1. The Balaban J connectivity index is 1.70. The summed E-state index contributed by atoms with van der Waals surface area (Å²) in [5.74, 6) is 0. The molecule has 8 heteroatoms. The van der Waals surface area contributed by atoms with Crippen LogP contribution in [-0.2, 0) is 21.1 Å². The van der Waals surface area contributed by atoms with E-state index in [4.69, 9.17) is 0 Å². The largest absolute Gasteiger partial charge is 0.428 e. The molecule has 0 saturated heterocycles. The summed E-state index contributed by atoms with van der Waals surface area (Å²) in [5.41, 5.74) is 2.73. The van der Waals surface area contributed by atoms with E-state index in [1.807, 2.05) is 19.1 Å². The molecular weight excluding hydrogens is 377 g/mol. The summed E-state index contributed by atoms with van der Waals surface area (Å²) < 4.78 is 55.0. The van der Waals surface area contributed by atoms with Crippen molar-refractivity contribution in [2.24, 2.45) is 9.52 Å². The summed E-state index contributed by atoms with van der Waals surface area (Å²) in [5, 5.41) is 3.54. The summed E-state index contributed by atoms with van der Waals surface area (Å²) in [6, 6.07) is 14.2. The van der Waals surface area contributed by atoms with Crippen molar-refractivity contribution in [3.05, 3.63) is 65.2 Å². The lowest BCUT2D eigenvalue weighted by molar-refractivity contribution is -0.212. The van der Waals surface area contributed by atoms with Crippen LogP contribution in [0.25, 0.3) is 0 Å². The average Bonchev–Trinajstić information content (AvgIpc) is 3.11. The zero-order valence-electron chi connectivity index (χ0n) is 14.9. The molecular formula is C19H19F3N2O2S. The molecule has 144 valence electrons. The van der Waals surface area contributed by atoms with Crippen LogP contribution in [0.3, 0.4) is 0 Å². The predicted octanol–water partition coefficient (Wildman–Crippen LogP) is 4.71. The number of benzene rings is 2. The van der Waals surface area contributed by atoms with Crippen molar-refractivity contribution in [3.8, 4) is 0 Å². The molecule has 2 aromatic carbocycles. The molecule has 2 unspecified atom stereocenters. The van der Waals surface area contributed by atoms with Gasteiger partial charge in [-0.3, -0.25) is 0 Å². The molecule has 0 amide bonds. The van der Waals surface area contributed by atoms with E-state index in [9.17, 15) is 17.4 Å². The van der Waals surface area contributed by atoms with E-state index < -0.39 is 22.0 Å². The number of halogens is 3. The number of alkyl halides is 3. The summed E-state index contributed by atoms with van der Waals surface area (Å²) in [6.07, 6.45) is -5.03. The lowest BCUT2D eigenvalue weighted by Gasteiger charge is -2.11. The fourth-order valence-corrected chi connectivity index (χ4v) is 3.77. The van der Waals surface area contributed by atoms with Crippen molar-refractivity contribution < 1.29 is 22.2 Å². The summed E-state index contributed by atoms with van der Waals surface area (Å²) in [7, 11) is -2.52. The highest BCUT2D eigenvalue weighted by atomic mass is 32.2. The van der Waals surface area contributed by atoms with Crippen LogP contribution in [0, 0.1) is 6.92 Å². The predicted molar refractivity (Wildman–Crippen MR) is 98.2 cm³/mol. The Bertz CT molecular complexity index is 958. The van der Waals surface area contributed by atoms with Crippen molar-refractivity contribution >= 4 is 15.4 Å². The first kappa shape index (κ1) is 19.4. The number of oxime groups is 1. The molecule has 0 radical (unpaired) electrons. The Morgan fingerprint density at radius 2 is 1.78 bits per heavy atom. The molecule has 1 aliphatic rings. The van der Waals surface area contributed by atoms with E-state index in [2.05, 4.69) is 14.4 Å². The van der Waals surface area contributed by atoms with Gasteiger partial charge in [0, 0.05) is 17.6 Å². The molecule has 4 nitrogen and oxygen atoms in total. The average molecular weight is 396 g/mol. The Labute approximate surface area is 156 Å². The third-order valence-corrected chi connectivity index (χ3v) is 6.04. The Morgan fingerprint density at radius 3 is 2.33 bits per heavy atom. The summed E-state index contributed by atoms with van der Waals surface area (Å²) >= 11 is 0. The molecule has 3 rings (SSSR count). The van der Waals surface area contributed by atoms with Crippen molar-refractivity contribution in [2.75, 3.05) is 6.26 Å². The Kier molecular flexibility index (Phi) is 5.28. The first-order valence-corrected chi connectivity index (χ1v) is 10.2. The zero-order chi connectivity index (χ0) is 19.7. The van der Waals surface area contributed by atoms with Crippen LogP contribution in [0.2, 0.25) is 0 Å². The van der Waals surface area contributed by atoms with Gasteiger partial charge in [-0.25, -0.2) is 8.57 Å². The molecule has 0 aromatic heterocycles. The first-order valence-electron chi connectivity index (χ1n) is 8.28. The first-order chi connectivity index (χ1) is 12.6. The van der Waals surface area contributed by atoms with Gasteiger partial charge in [0.15, 0.2) is 0 Å². The highest BCUT2D eigenvalue weighted by Gasteiger charge is 2.45. The van der Waals surface area contributed by atoms with Crippen LogP contribution in [0.4, 0.5) is 13.2 Å². The van der Waals surface area contributed by atoms with Gasteiger partial charge in [-0.05, 0) is 30.2 Å². The maximum absolute atomic E-state index is 12.8. The van der Waals surface area contributed by atoms with Crippen LogP contribution < -0.4 is 0 Å². The zero-order valence-corrected chi connectivity index (χ0v) is 15.7. The second-order valence-corrected chi connectivity index (χ2v) is 8.81. The van der Waals surface area contributed by atoms with Crippen LogP contribution in [0.15, 0.2) is 62.9 Å². The topological polar surface area (TPSA) is 51.0 Å². The Morgan fingerprint density at radius 1 is 1.15 bits per heavy atom. The molecule has 0 saturated carbocycles. The van der Waals surface area contributed by atoms with Crippen molar-refractivity contribution in [3.63, 3.8) is 0 Å². The molecule has 1 heterocycles. The van der Waals surface area contributed by atoms with Gasteiger partial charge in [-0.2, -0.15) is 13.2 Å². The molecule has 0 fully saturated rings. The molecule has 0 spiro atoms. The van der Waals surface area contributed by atoms with E-state index in [-0.39, 0.29) is 18.7 Å². The molecule has 27 heavy (non-hydrogen) atoms. The molecule has 2 atom stereocenters. The molecule has 2 aromatic rings. The van der Waals surface area contributed by atoms with Gasteiger partial charge in [-0.1, -0.05) is 47.1 Å². The smallest absolute Gasteiger partial charge is 0.382 e. The van der Waals surface area contributed by atoms with Gasteiger partial charge in [0.05, 0.1) is 22.0 Å². The monoisotopic (exact) mass is 396 g/mol. The van der Waals surface area contributed by atoms with Crippen molar-refractivity contribution in [2.45, 2.75) is 37.1 Å². The SMILES string of the molecule is Cc1ccc(S(C)(=O)=NCc2ccc(C3=NOC(C(F)(F)F)C3)cc2)cc1. The van der Waals surface area contributed by atoms with E-state index in [1.165, 1.54) is 0 Å². The van der Waals surface area contributed by atoms with Gasteiger partial charge in [0.2, 0.25) is 6.10 Å². The van der Waals surface area contributed by atoms with Crippen LogP contribution in [-0.4, -0.2) is 28.5 Å². The van der Waals surface area contributed by atoms with Crippen molar-refractivity contribution in [1.82, 2.24) is 0 Å². The van der Waals surface area contributed by atoms with Gasteiger partial charge in [0.25, 0.3) is 0 Å². The summed E-state index contributed by atoms with van der Waals surface area (Å²) in [4.78, 5) is 5.14. The molecule has 1 aliphatic heterocycles. The van der Waals surface area contributed by atoms with E-state index in [0.717, 1.165) is 11.1 Å². The third kappa shape index (κ3) is 4.68. The minimum Gasteiger partial charge on any atom is -0.382 e. The number of hydrogen-bond donors (Lipinski definition) is 0. The lowest BCUT2D eigenvalue weighted by Crippen LogP contribution is -2.28. The second kappa shape index (κ2) is 7.34. The van der Waals surface area contributed by atoms with E-state index in [0.29, 0.717) is 10.5 Å². The highest BCUT2D eigenvalue weighted by Crippen LogP contribution is 2.30. The van der Waals surface area contributed by atoms with Gasteiger partial charge in [0.1, 0.15) is 0 Å². The standard InChI is InChI=1S/C19H19F3N2O2S/c1-13-3-9-16(10-4-13)27(2,25)23-12-14-5-7-15(8-6-14)17-11-18(26-24-17)19(20,21)22/h3-10,18H,11-12H2,1-2H3. The number of nitrogens with zero attached hydrogens (tertiary/aromatic N) is 2. The fraction of sp³-hybridized carbons (Fsp3) is 0.316. The number of rotatable bonds is 4. The van der Waals surface area contributed by atoms with Crippen LogP contribution >= 0.6 is 0 Å². The maximum Gasteiger partial charge on any atom is 0.428 e. The van der Waals surface area contributed by atoms with Crippen molar-refractivity contribution in [1.29, 1.82) is 0 Å². The van der Waals surface area contributed by atoms with Gasteiger partial charge < -0.3 is 4.84 Å². The quantitative estimate of drug-likeness (QED) is 0.752. The molecule has 0 bridgehead atoms. The van der Waals surface area contributed by atoms with Crippen LogP contribution in [0.5, 0.6) is 0 Å². The fourth-order valence-electron chi connectivity index (χ4n) is 2.59. The van der Waals surface area contributed by atoms with E-state index >= 15 is 0 Å². The highest BCUT2D eigenvalue weighted by molar-refractivity contribution is 7.93. The molecule has 0 N–H and O–H groups in total. The summed E-state index contributed by atoms with van der Waals surface area (Å²) in [6.45, 7) is 2.20. The minimum absolute atomic E-state index is 0.248. The normalized spacial score (nSPS) is 19.1. The lowest BCUT2D eigenvalue weighted by atomic mass is 10.0. The van der Waals surface area contributed by atoms with Gasteiger partial charge in [-0.15, -0.1) is 0 Å². The Hall–Kier alpha value is -2.35. The molecule has 0 aliphatic carbocycles. The second-order valence-electron chi connectivity index (χ2n) is 6.48. The maximum atomic E-state index is 12.8.